The van der Waals surface area contributed by atoms with E-state index in [4.69, 9.17) is 4.74 Å². The molecule has 3 nitrogen and oxygen atoms in total. The lowest BCUT2D eigenvalue weighted by atomic mass is 10.1. The van der Waals surface area contributed by atoms with Crippen LogP contribution < -0.4 is 4.74 Å². The molecule has 0 saturated carbocycles. The van der Waals surface area contributed by atoms with E-state index in [0.717, 1.165) is 49.0 Å². The third-order valence-electron chi connectivity index (χ3n) is 3.32. The molecule has 0 bridgehead atoms. The molecule has 0 spiro atoms. The van der Waals surface area contributed by atoms with E-state index in [0.29, 0.717) is 6.61 Å². The number of alkyl halides is 1. The van der Waals surface area contributed by atoms with Crippen LogP contribution in [0.3, 0.4) is 0 Å². The molecule has 0 atom stereocenters. The minimum Gasteiger partial charge on any atom is -0.487 e. The second-order valence-corrected chi connectivity index (χ2v) is 7.09. The molecule has 21 heavy (non-hydrogen) atoms. The van der Waals surface area contributed by atoms with E-state index >= 15 is 0 Å². The zero-order valence-corrected chi connectivity index (χ0v) is 17.0. The monoisotopic (exact) mass is 478 g/mol. The summed E-state index contributed by atoms with van der Waals surface area (Å²) < 4.78 is 10.1. The highest BCUT2D eigenvalue weighted by atomic mass is 79.9. The molecule has 0 aliphatic rings. The van der Waals surface area contributed by atoms with Gasteiger partial charge in [-0.15, -0.1) is 0 Å². The number of aryl methyl sites for hydroxylation is 3. The Labute approximate surface area is 150 Å². The molecule has 1 aromatic heterocycles. The Morgan fingerprint density at radius 2 is 2.00 bits per heavy atom. The van der Waals surface area contributed by atoms with Gasteiger partial charge >= 0.3 is 0 Å². The molecule has 2 aromatic rings. The summed E-state index contributed by atoms with van der Waals surface area (Å²) in [5.41, 5.74) is 4.36. The van der Waals surface area contributed by atoms with Crippen molar-refractivity contribution in [1.29, 1.82) is 0 Å². The smallest absolute Gasteiger partial charge is 0.131 e. The van der Waals surface area contributed by atoms with Gasteiger partial charge in [-0.2, -0.15) is 5.10 Å². The summed E-state index contributed by atoms with van der Waals surface area (Å²) in [6, 6.07) is 4.14. The average molecular weight is 481 g/mol. The van der Waals surface area contributed by atoms with Crippen LogP contribution in [0, 0.1) is 6.92 Å². The quantitative estimate of drug-likeness (QED) is 0.544. The molecular weight excluding hydrogens is 464 g/mol. The van der Waals surface area contributed by atoms with Crippen LogP contribution in [0.15, 0.2) is 21.1 Å². The molecule has 2 rings (SSSR count). The molecule has 0 saturated heterocycles. The van der Waals surface area contributed by atoms with E-state index in [1.165, 1.54) is 0 Å². The first-order valence-electron chi connectivity index (χ1n) is 6.65. The lowest BCUT2D eigenvalue weighted by molar-refractivity contribution is 0.290. The molecular formula is C15H17Br3N2O. The predicted molar refractivity (Wildman–Crippen MR) is 96.1 cm³/mol. The fourth-order valence-electron chi connectivity index (χ4n) is 2.22. The Kier molecular flexibility index (Phi) is 5.91. The van der Waals surface area contributed by atoms with E-state index in [-0.39, 0.29) is 0 Å². The lowest BCUT2D eigenvalue weighted by Crippen LogP contribution is -2.05. The highest BCUT2D eigenvalue weighted by Gasteiger charge is 2.15. The van der Waals surface area contributed by atoms with Gasteiger partial charge in [0.1, 0.15) is 12.4 Å². The van der Waals surface area contributed by atoms with Crippen LogP contribution in [-0.4, -0.2) is 9.78 Å². The molecule has 1 aromatic carbocycles. The first kappa shape index (κ1) is 17.0. The van der Waals surface area contributed by atoms with E-state index in [1.807, 2.05) is 11.7 Å². The fourth-order valence-corrected chi connectivity index (χ4v) is 3.99. The zero-order valence-electron chi connectivity index (χ0n) is 12.2. The molecule has 0 N–H and O–H groups in total. The average Bonchev–Trinajstić information content (AvgIpc) is 2.72. The van der Waals surface area contributed by atoms with Gasteiger partial charge in [-0.3, -0.25) is 4.68 Å². The lowest BCUT2D eigenvalue weighted by Gasteiger charge is -2.14. The molecule has 0 radical (unpaired) electrons. The van der Waals surface area contributed by atoms with E-state index in [9.17, 15) is 0 Å². The van der Waals surface area contributed by atoms with Crippen molar-refractivity contribution in [1.82, 2.24) is 9.78 Å². The first-order valence-corrected chi connectivity index (χ1v) is 9.36. The molecule has 114 valence electrons. The molecule has 0 unspecified atom stereocenters. The third-order valence-corrected chi connectivity index (χ3v) is 5.29. The molecule has 0 fully saturated rings. The fraction of sp³-hybridized carbons (Fsp3) is 0.400. The summed E-state index contributed by atoms with van der Waals surface area (Å²) in [5.74, 6) is 0.932. The Balaban J connectivity index is 2.27. The van der Waals surface area contributed by atoms with Crippen LogP contribution in [-0.2, 0) is 25.4 Å². The van der Waals surface area contributed by atoms with Crippen molar-refractivity contribution >= 4 is 47.8 Å². The molecule has 6 heteroatoms. The summed E-state index contributed by atoms with van der Waals surface area (Å²) >= 11 is 10.7. The number of aromatic nitrogens is 2. The Morgan fingerprint density at radius 3 is 2.57 bits per heavy atom. The Morgan fingerprint density at radius 1 is 1.29 bits per heavy atom. The standard InChI is InChI=1S/C15H17Br3N2O/c1-4-12-14(18)13(20(3)19-12)8-21-15-9(2)5-11(17)6-10(15)7-16/h5-6H,4,7-8H2,1-3H3. The van der Waals surface area contributed by atoms with Crippen molar-refractivity contribution in [2.24, 2.45) is 7.05 Å². The van der Waals surface area contributed by atoms with Gasteiger partial charge in [0.2, 0.25) is 0 Å². The normalized spacial score (nSPS) is 11.0. The first-order chi connectivity index (χ1) is 9.97. The van der Waals surface area contributed by atoms with Gasteiger partial charge in [-0.05, 0) is 47.0 Å². The predicted octanol–water partition coefficient (Wildman–Crippen LogP) is 5.29. The zero-order chi connectivity index (χ0) is 15.6. The van der Waals surface area contributed by atoms with Crippen molar-refractivity contribution in [2.45, 2.75) is 32.2 Å². The van der Waals surface area contributed by atoms with E-state index in [2.05, 4.69) is 78.9 Å². The highest BCUT2D eigenvalue weighted by Crippen LogP contribution is 2.31. The maximum atomic E-state index is 6.08. The van der Waals surface area contributed by atoms with Crippen LogP contribution in [0.2, 0.25) is 0 Å². The summed E-state index contributed by atoms with van der Waals surface area (Å²) in [6.07, 6.45) is 0.901. The molecule has 0 aliphatic heterocycles. The number of rotatable bonds is 5. The van der Waals surface area contributed by atoms with Gasteiger partial charge in [0.15, 0.2) is 0 Å². The third kappa shape index (κ3) is 3.71. The van der Waals surface area contributed by atoms with Crippen LogP contribution in [0.25, 0.3) is 0 Å². The number of hydrogen-bond donors (Lipinski definition) is 0. The largest absolute Gasteiger partial charge is 0.487 e. The van der Waals surface area contributed by atoms with Crippen LogP contribution in [0.4, 0.5) is 0 Å². The van der Waals surface area contributed by atoms with E-state index < -0.39 is 0 Å². The second-order valence-electron chi connectivity index (χ2n) is 4.82. The van der Waals surface area contributed by atoms with Gasteiger partial charge in [0, 0.05) is 22.4 Å². The van der Waals surface area contributed by atoms with Crippen LogP contribution >= 0.6 is 47.8 Å². The van der Waals surface area contributed by atoms with Crippen molar-refractivity contribution in [3.63, 3.8) is 0 Å². The summed E-state index contributed by atoms with van der Waals surface area (Å²) in [7, 11) is 1.95. The van der Waals surface area contributed by atoms with Gasteiger partial charge in [-0.25, -0.2) is 0 Å². The molecule has 1 heterocycles. The van der Waals surface area contributed by atoms with Crippen LogP contribution in [0.1, 0.15) is 29.4 Å². The molecule has 0 amide bonds. The second kappa shape index (κ2) is 7.29. The van der Waals surface area contributed by atoms with Crippen molar-refractivity contribution in [3.05, 3.63) is 43.6 Å². The van der Waals surface area contributed by atoms with Crippen LogP contribution in [0.5, 0.6) is 5.75 Å². The summed E-state index contributed by atoms with van der Waals surface area (Å²) in [4.78, 5) is 0. The number of benzene rings is 1. The highest BCUT2D eigenvalue weighted by molar-refractivity contribution is 9.11. The van der Waals surface area contributed by atoms with E-state index in [1.54, 1.807) is 0 Å². The number of hydrogen-bond acceptors (Lipinski definition) is 2. The minimum atomic E-state index is 0.493. The number of ether oxygens (including phenoxy) is 1. The Bertz CT molecular complexity index is 653. The summed E-state index contributed by atoms with van der Waals surface area (Å²) in [6.45, 7) is 4.65. The van der Waals surface area contributed by atoms with Crippen molar-refractivity contribution in [2.75, 3.05) is 0 Å². The van der Waals surface area contributed by atoms with Crippen molar-refractivity contribution in [3.8, 4) is 5.75 Å². The topological polar surface area (TPSA) is 27.1 Å². The van der Waals surface area contributed by atoms with Crippen molar-refractivity contribution < 1.29 is 4.74 Å². The maximum absolute atomic E-state index is 6.08. The SMILES string of the molecule is CCc1nn(C)c(COc2c(C)cc(Br)cc2CBr)c1Br. The summed E-state index contributed by atoms with van der Waals surface area (Å²) in [5, 5.41) is 5.25. The van der Waals surface area contributed by atoms with Gasteiger partial charge in [0.05, 0.1) is 15.9 Å². The number of nitrogens with zero attached hydrogens (tertiary/aromatic N) is 2. The number of halogens is 3. The maximum Gasteiger partial charge on any atom is 0.131 e. The van der Waals surface area contributed by atoms with Gasteiger partial charge in [0.25, 0.3) is 0 Å². The molecule has 0 aliphatic carbocycles. The minimum absolute atomic E-state index is 0.493. The Hall–Kier alpha value is -0.330. The van der Waals surface area contributed by atoms with Gasteiger partial charge in [-0.1, -0.05) is 38.8 Å². The van der Waals surface area contributed by atoms with Gasteiger partial charge < -0.3 is 4.74 Å².